The Morgan fingerprint density at radius 2 is 1.83 bits per heavy atom. The van der Waals surface area contributed by atoms with Crippen molar-refractivity contribution in [1.29, 1.82) is 0 Å². The van der Waals surface area contributed by atoms with E-state index in [-0.39, 0.29) is 18.5 Å². The summed E-state index contributed by atoms with van der Waals surface area (Å²) in [5.41, 5.74) is 6.62. The molecule has 0 bridgehead atoms. The Morgan fingerprint density at radius 1 is 1.22 bits per heavy atom. The lowest BCUT2D eigenvalue weighted by atomic mass is 10.1. The zero-order chi connectivity index (χ0) is 13.5. The van der Waals surface area contributed by atoms with Gasteiger partial charge in [-0.2, -0.15) is 0 Å². The van der Waals surface area contributed by atoms with Gasteiger partial charge in [-0.25, -0.2) is 0 Å². The molecule has 0 aliphatic heterocycles. The molecule has 98 valence electrons. The number of carbonyl (C=O) groups excluding carboxylic acids is 2. The molecular formula is C13H19N3O2. The molecule has 0 aliphatic rings. The predicted octanol–water partition coefficient (Wildman–Crippen LogP) is 0.400. The summed E-state index contributed by atoms with van der Waals surface area (Å²) < 4.78 is 0. The van der Waals surface area contributed by atoms with Crippen molar-refractivity contribution in [3.8, 4) is 0 Å². The molecular weight excluding hydrogens is 230 g/mol. The summed E-state index contributed by atoms with van der Waals surface area (Å²) in [6.45, 7) is 4.68. The van der Waals surface area contributed by atoms with Crippen LogP contribution in [0, 0.1) is 0 Å². The van der Waals surface area contributed by atoms with Crippen molar-refractivity contribution in [2.45, 2.75) is 26.4 Å². The van der Waals surface area contributed by atoms with Crippen molar-refractivity contribution in [2.24, 2.45) is 5.73 Å². The Hall–Kier alpha value is -1.88. The summed E-state index contributed by atoms with van der Waals surface area (Å²) in [5, 5.41) is 5.82. The van der Waals surface area contributed by atoms with Crippen molar-refractivity contribution >= 4 is 11.8 Å². The van der Waals surface area contributed by atoms with Gasteiger partial charge in [0.05, 0.1) is 6.54 Å². The lowest BCUT2D eigenvalue weighted by molar-refractivity contribution is -0.120. The highest BCUT2D eigenvalue weighted by Crippen LogP contribution is 2.03. The Labute approximate surface area is 107 Å². The molecule has 1 aromatic rings. The van der Waals surface area contributed by atoms with Gasteiger partial charge < -0.3 is 16.4 Å². The molecule has 18 heavy (non-hydrogen) atoms. The average Bonchev–Trinajstić information content (AvgIpc) is 2.28. The first-order valence-electron chi connectivity index (χ1n) is 5.88. The zero-order valence-corrected chi connectivity index (χ0v) is 10.7. The normalized spacial score (nSPS) is 10.4. The lowest BCUT2D eigenvalue weighted by Crippen LogP contribution is -2.37. The van der Waals surface area contributed by atoms with E-state index >= 15 is 0 Å². The number of rotatable bonds is 6. The molecule has 2 amide bonds. The van der Waals surface area contributed by atoms with Gasteiger partial charge in [0.2, 0.25) is 11.8 Å². The molecule has 0 atom stereocenters. The van der Waals surface area contributed by atoms with E-state index in [0.29, 0.717) is 12.1 Å². The Morgan fingerprint density at radius 3 is 2.33 bits per heavy atom. The molecule has 5 nitrogen and oxygen atoms in total. The van der Waals surface area contributed by atoms with Gasteiger partial charge in [0, 0.05) is 18.2 Å². The van der Waals surface area contributed by atoms with Gasteiger partial charge in [-0.3, -0.25) is 9.59 Å². The molecule has 1 aromatic carbocycles. The predicted molar refractivity (Wildman–Crippen MR) is 69.9 cm³/mol. The van der Waals surface area contributed by atoms with Crippen LogP contribution in [-0.2, 0) is 11.3 Å². The highest BCUT2D eigenvalue weighted by molar-refractivity contribution is 5.92. The Kier molecular flexibility index (Phi) is 5.32. The fraction of sp³-hybridized carbons (Fsp3) is 0.385. The number of nitrogens with two attached hydrogens (primary N) is 1. The van der Waals surface area contributed by atoms with Crippen molar-refractivity contribution in [2.75, 3.05) is 6.54 Å². The fourth-order valence-corrected chi connectivity index (χ4v) is 1.48. The number of primary amides is 1. The van der Waals surface area contributed by atoms with Crippen LogP contribution in [0.4, 0.5) is 0 Å². The average molecular weight is 249 g/mol. The number of benzene rings is 1. The van der Waals surface area contributed by atoms with Crippen LogP contribution in [0.15, 0.2) is 24.3 Å². The van der Waals surface area contributed by atoms with Crippen LogP contribution in [0.3, 0.4) is 0 Å². The second-order valence-corrected chi connectivity index (χ2v) is 4.39. The molecule has 0 aromatic heterocycles. The third-order valence-electron chi connectivity index (χ3n) is 2.30. The maximum Gasteiger partial charge on any atom is 0.248 e. The number of carbonyl (C=O) groups is 2. The van der Waals surface area contributed by atoms with Crippen molar-refractivity contribution in [3.63, 3.8) is 0 Å². The van der Waals surface area contributed by atoms with Crippen LogP contribution in [0.2, 0.25) is 0 Å². The van der Waals surface area contributed by atoms with Crippen molar-refractivity contribution < 1.29 is 9.59 Å². The second kappa shape index (κ2) is 6.76. The third kappa shape index (κ3) is 4.97. The second-order valence-electron chi connectivity index (χ2n) is 4.39. The van der Waals surface area contributed by atoms with Gasteiger partial charge in [-0.05, 0) is 31.5 Å². The van der Waals surface area contributed by atoms with Crippen LogP contribution < -0.4 is 16.4 Å². The molecule has 0 fully saturated rings. The summed E-state index contributed by atoms with van der Waals surface area (Å²) in [7, 11) is 0. The zero-order valence-electron chi connectivity index (χ0n) is 10.7. The first-order chi connectivity index (χ1) is 8.49. The summed E-state index contributed by atoms with van der Waals surface area (Å²) in [4.78, 5) is 22.2. The minimum absolute atomic E-state index is 0.0289. The van der Waals surface area contributed by atoms with Crippen LogP contribution >= 0.6 is 0 Å². The fourth-order valence-electron chi connectivity index (χ4n) is 1.48. The molecule has 0 unspecified atom stereocenters. The SMILES string of the molecule is CC(C)NC(=O)CNCc1ccc(C(N)=O)cc1. The van der Waals surface area contributed by atoms with E-state index in [1.54, 1.807) is 12.1 Å². The van der Waals surface area contributed by atoms with E-state index in [1.165, 1.54) is 0 Å². The smallest absolute Gasteiger partial charge is 0.248 e. The van der Waals surface area contributed by atoms with E-state index in [2.05, 4.69) is 10.6 Å². The molecule has 5 heteroatoms. The molecule has 0 saturated heterocycles. The number of nitrogens with one attached hydrogen (secondary N) is 2. The lowest BCUT2D eigenvalue weighted by Gasteiger charge is -2.09. The molecule has 0 radical (unpaired) electrons. The molecule has 0 heterocycles. The summed E-state index contributed by atoms with van der Waals surface area (Å²) in [6, 6.07) is 7.12. The maximum atomic E-state index is 11.4. The third-order valence-corrected chi connectivity index (χ3v) is 2.30. The number of hydrogen-bond donors (Lipinski definition) is 3. The van der Waals surface area contributed by atoms with Gasteiger partial charge in [-0.15, -0.1) is 0 Å². The summed E-state index contributed by atoms with van der Waals surface area (Å²) in [6.07, 6.45) is 0. The minimum Gasteiger partial charge on any atom is -0.366 e. The van der Waals surface area contributed by atoms with Gasteiger partial charge in [0.25, 0.3) is 0 Å². The first-order valence-corrected chi connectivity index (χ1v) is 5.88. The Balaban J connectivity index is 2.35. The van der Waals surface area contributed by atoms with E-state index in [1.807, 2.05) is 26.0 Å². The van der Waals surface area contributed by atoms with Gasteiger partial charge in [0.15, 0.2) is 0 Å². The molecule has 0 saturated carbocycles. The topological polar surface area (TPSA) is 84.2 Å². The largest absolute Gasteiger partial charge is 0.366 e. The number of amides is 2. The molecule has 0 aliphatic carbocycles. The van der Waals surface area contributed by atoms with E-state index in [4.69, 9.17) is 5.73 Å². The van der Waals surface area contributed by atoms with Crippen LogP contribution in [-0.4, -0.2) is 24.4 Å². The van der Waals surface area contributed by atoms with Crippen molar-refractivity contribution in [1.82, 2.24) is 10.6 Å². The van der Waals surface area contributed by atoms with Crippen LogP contribution in [0.1, 0.15) is 29.8 Å². The molecule has 4 N–H and O–H groups in total. The minimum atomic E-state index is -0.439. The van der Waals surface area contributed by atoms with Crippen LogP contribution in [0.25, 0.3) is 0 Å². The monoisotopic (exact) mass is 249 g/mol. The van der Waals surface area contributed by atoms with Gasteiger partial charge in [-0.1, -0.05) is 12.1 Å². The first kappa shape index (κ1) is 14.2. The summed E-state index contributed by atoms with van der Waals surface area (Å²) in [5.74, 6) is -0.468. The van der Waals surface area contributed by atoms with Gasteiger partial charge >= 0.3 is 0 Å². The molecule has 1 rings (SSSR count). The molecule has 0 spiro atoms. The number of hydrogen-bond acceptors (Lipinski definition) is 3. The van der Waals surface area contributed by atoms with E-state index < -0.39 is 5.91 Å². The van der Waals surface area contributed by atoms with Gasteiger partial charge in [0.1, 0.15) is 0 Å². The van der Waals surface area contributed by atoms with Crippen molar-refractivity contribution in [3.05, 3.63) is 35.4 Å². The van der Waals surface area contributed by atoms with E-state index in [0.717, 1.165) is 5.56 Å². The van der Waals surface area contributed by atoms with E-state index in [9.17, 15) is 9.59 Å². The highest BCUT2D eigenvalue weighted by Gasteiger charge is 2.03. The standard InChI is InChI=1S/C13H19N3O2/c1-9(2)16-12(17)8-15-7-10-3-5-11(6-4-10)13(14)18/h3-6,9,15H,7-8H2,1-2H3,(H2,14,18)(H,16,17). The summed E-state index contributed by atoms with van der Waals surface area (Å²) >= 11 is 0. The quantitative estimate of drug-likeness (QED) is 0.682. The maximum absolute atomic E-state index is 11.4. The Bertz CT molecular complexity index is 413. The van der Waals surface area contributed by atoms with Crippen LogP contribution in [0.5, 0.6) is 0 Å². The highest BCUT2D eigenvalue weighted by atomic mass is 16.2.